The molecule has 1 aliphatic rings. The molecule has 0 saturated carbocycles. The van der Waals surface area contributed by atoms with Crippen molar-refractivity contribution in [3.63, 3.8) is 0 Å². The summed E-state index contributed by atoms with van der Waals surface area (Å²) in [5.74, 6) is 0.842. The normalized spacial score (nSPS) is 14.5. The lowest BCUT2D eigenvalue weighted by molar-refractivity contribution is 0.671. The average Bonchev–Trinajstić information content (AvgIpc) is 3.94. The Morgan fingerprint density at radius 3 is 1.95 bits per heavy atom. The molecule has 0 aliphatic carbocycles. The minimum atomic E-state index is -0.0304. The first-order valence-corrected chi connectivity index (χ1v) is 19.4. The maximum atomic E-state index is 6.69. The van der Waals surface area contributed by atoms with Crippen LogP contribution in [0.2, 0.25) is 0 Å². The van der Waals surface area contributed by atoms with Crippen LogP contribution in [0.5, 0.6) is 0 Å². The highest BCUT2D eigenvalue weighted by atomic mass is 16.3. The van der Waals surface area contributed by atoms with E-state index in [-0.39, 0.29) is 6.04 Å². The van der Waals surface area contributed by atoms with Crippen LogP contribution >= 0.6 is 0 Å². The Balaban J connectivity index is 1.10. The smallest absolute Gasteiger partial charge is 0.160 e. The molecular formula is C52H34N4O. The Kier molecular flexibility index (Phi) is 6.92. The summed E-state index contributed by atoms with van der Waals surface area (Å²) in [6.45, 7) is 0. The summed E-state index contributed by atoms with van der Waals surface area (Å²) in [6.07, 6.45) is 2.22. The van der Waals surface area contributed by atoms with Crippen molar-refractivity contribution < 1.29 is 4.42 Å². The Labute approximate surface area is 328 Å². The molecule has 11 aromatic rings. The van der Waals surface area contributed by atoms with Crippen LogP contribution in [0.1, 0.15) is 22.7 Å². The molecule has 5 heteroatoms. The minimum absolute atomic E-state index is 0.0304. The molecule has 0 amide bonds. The zero-order valence-corrected chi connectivity index (χ0v) is 30.8. The number of hydrogen-bond acceptors (Lipinski definition) is 3. The Bertz CT molecular complexity index is 3420. The summed E-state index contributed by atoms with van der Waals surface area (Å²) in [5.41, 5.74) is 12.7. The van der Waals surface area contributed by atoms with Gasteiger partial charge < -0.3 is 18.9 Å². The molecule has 1 atom stereocenters. The Morgan fingerprint density at radius 2 is 1.11 bits per heavy atom. The highest BCUT2D eigenvalue weighted by molar-refractivity contribution is 6.24. The summed E-state index contributed by atoms with van der Waals surface area (Å²) in [5, 5.41) is 10.8. The second-order valence-corrected chi connectivity index (χ2v) is 14.8. The molecule has 1 unspecified atom stereocenters. The third-order valence-electron chi connectivity index (χ3n) is 11.5. The Morgan fingerprint density at radius 1 is 0.456 bits per heavy atom. The molecule has 0 radical (unpaired) electrons. The number of aliphatic imine (C=N–C) groups is 1. The molecule has 57 heavy (non-hydrogen) atoms. The summed E-state index contributed by atoms with van der Waals surface area (Å²) in [4.78, 5) is 5.24. The van der Waals surface area contributed by atoms with Gasteiger partial charge in [0.15, 0.2) is 5.58 Å². The first-order chi connectivity index (χ1) is 28.3. The van der Waals surface area contributed by atoms with Gasteiger partial charge in [-0.2, -0.15) is 0 Å². The second-order valence-electron chi connectivity index (χ2n) is 14.8. The Hall–Kier alpha value is -7.63. The molecule has 0 spiro atoms. The number of benzene rings is 8. The zero-order valence-electron chi connectivity index (χ0n) is 30.8. The summed E-state index contributed by atoms with van der Waals surface area (Å²) in [7, 11) is 0. The van der Waals surface area contributed by atoms with E-state index in [1.807, 2.05) is 12.1 Å². The molecule has 3 aromatic heterocycles. The number of nitrogens with zero attached hydrogens (tertiary/aromatic N) is 3. The van der Waals surface area contributed by atoms with Crippen molar-refractivity contribution in [1.82, 2.24) is 14.5 Å². The molecule has 0 bridgehead atoms. The van der Waals surface area contributed by atoms with Crippen molar-refractivity contribution in [3.05, 3.63) is 211 Å². The number of nitrogens with one attached hydrogen (secondary N) is 1. The van der Waals surface area contributed by atoms with Gasteiger partial charge in [-0.15, -0.1) is 0 Å². The number of furan rings is 1. The molecule has 0 saturated heterocycles. The largest absolute Gasteiger partial charge is 0.454 e. The van der Waals surface area contributed by atoms with Crippen molar-refractivity contribution in [2.24, 2.45) is 4.99 Å². The van der Waals surface area contributed by atoms with Crippen LogP contribution in [0, 0.1) is 0 Å². The molecule has 0 fully saturated rings. The fourth-order valence-electron chi connectivity index (χ4n) is 8.95. The number of fused-ring (bicyclic) bond motifs is 10. The highest BCUT2D eigenvalue weighted by Gasteiger charge is 2.23. The standard InChI is InChI=1S/C52H34N4O/c1-4-15-33(16-5-1)44-31-45(34-17-6-2-7-18-34)54-52(53-44)35-19-14-22-37(29-35)55-46-25-12-10-23-38(46)42-30-43-40-27-28-41-39-24-11-13-26-49(39)57-51(41)50(40)56(48(43)32-47(42)55)36-20-8-3-9-21-36/h1-32,44H,(H,53,54). The van der Waals surface area contributed by atoms with E-state index in [0.717, 1.165) is 83.4 Å². The maximum Gasteiger partial charge on any atom is 0.160 e. The first kappa shape index (κ1) is 31.7. The number of amidine groups is 1. The van der Waals surface area contributed by atoms with Gasteiger partial charge in [-0.3, -0.25) is 0 Å². The van der Waals surface area contributed by atoms with E-state index in [9.17, 15) is 0 Å². The monoisotopic (exact) mass is 730 g/mol. The van der Waals surface area contributed by atoms with Gasteiger partial charge in [0, 0.05) is 49.3 Å². The van der Waals surface area contributed by atoms with Crippen molar-refractivity contribution in [3.8, 4) is 11.4 Å². The van der Waals surface area contributed by atoms with Crippen molar-refractivity contribution in [2.75, 3.05) is 0 Å². The van der Waals surface area contributed by atoms with E-state index in [2.05, 4.69) is 196 Å². The lowest BCUT2D eigenvalue weighted by Crippen LogP contribution is -2.31. The maximum absolute atomic E-state index is 6.69. The second kappa shape index (κ2) is 12.4. The topological polar surface area (TPSA) is 47.4 Å². The van der Waals surface area contributed by atoms with E-state index < -0.39 is 0 Å². The van der Waals surface area contributed by atoms with Gasteiger partial charge in [0.1, 0.15) is 11.4 Å². The third-order valence-corrected chi connectivity index (χ3v) is 11.5. The molecule has 268 valence electrons. The van der Waals surface area contributed by atoms with E-state index in [1.54, 1.807) is 0 Å². The van der Waals surface area contributed by atoms with Crippen LogP contribution in [0.4, 0.5) is 0 Å². The molecule has 1 N–H and O–H groups in total. The predicted molar refractivity (Wildman–Crippen MR) is 236 cm³/mol. The number of para-hydroxylation sites is 3. The lowest BCUT2D eigenvalue weighted by atomic mass is 10.0. The van der Waals surface area contributed by atoms with Crippen LogP contribution in [0.3, 0.4) is 0 Å². The van der Waals surface area contributed by atoms with E-state index in [0.29, 0.717) is 0 Å². The van der Waals surface area contributed by atoms with Gasteiger partial charge in [0.05, 0.1) is 33.8 Å². The number of hydrogen-bond donors (Lipinski definition) is 1. The number of rotatable bonds is 5. The van der Waals surface area contributed by atoms with Gasteiger partial charge in [-0.1, -0.05) is 133 Å². The first-order valence-electron chi connectivity index (χ1n) is 19.4. The van der Waals surface area contributed by atoms with Gasteiger partial charge >= 0.3 is 0 Å². The molecule has 1 aliphatic heterocycles. The van der Waals surface area contributed by atoms with Crippen LogP contribution in [0.25, 0.3) is 82.6 Å². The van der Waals surface area contributed by atoms with Crippen LogP contribution in [-0.4, -0.2) is 15.0 Å². The van der Waals surface area contributed by atoms with Crippen molar-refractivity contribution in [1.29, 1.82) is 0 Å². The van der Waals surface area contributed by atoms with E-state index in [1.165, 1.54) is 21.7 Å². The lowest BCUT2D eigenvalue weighted by Gasteiger charge is -2.25. The summed E-state index contributed by atoms with van der Waals surface area (Å²) < 4.78 is 11.5. The number of aromatic nitrogens is 2. The summed E-state index contributed by atoms with van der Waals surface area (Å²) in [6, 6.07) is 66.7. The zero-order chi connectivity index (χ0) is 37.5. The minimum Gasteiger partial charge on any atom is -0.454 e. The molecule has 4 heterocycles. The average molecular weight is 731 g/mol. The molecular weight excluding hydrogens is 697 g/mol. The van der Waals surface area contributed by atoms with Gasteiger partial charge in [0.25, 0.3) is 0 Å². The van der Waals surface area contributed by atoms with Crippen LogP contribution < -0.4 is 5.32 Å². The van der Waals surface area contributed by atoms with Crippen LogP contribution in [0.15, 0.2) is 204 Å². The van der Waals surface area contributed by atoms with Crippen molar-refractivity contribution in [2.45, 2.75) is 6.04 Å². The van der Waals surface area contributed by atoms with Gasteiger partial charge in [0.2, 0.25) is 0 Å². The van der Waals surface area contributed by atoms with E-state index in [4.69, 9.17) is 9.41 Å². The third kappa shape index (κ3) is 4.92. The SMILES string of the molecule is C1=C(c2ccccc2)N=C(c2cccc(-n3c4ccccc4c4cc5c6ccc7c8ccccc8oc7c6n(-c6ccccc6)c5cc43)c2)NC1c1ccccc1. The van der Waals surface area contributed by atoms with Gasteiger partial charge in [-0.25, -0.2) is 4.99 Å². The van der Waals surface area contributed by atoms with Gasteiger partial charge in [-0.05, 0) is 71.8 Å². The van der Waals surface area contributed by atoms with E-state index >= 15 is 0 Å². The predicted octanol–water partition coefficient (Wildman–Crippen LogP) is 12.9. The quantitative estimate of drug-likeness (QED) is 0.192. The summed E-state index contributed by atoms with van der Waals surface area (Å²) >= 11 is 0. The van der Waals surface area contributed by atoms with Crippen LogP contribution in [-0.2, 0) is 0 Å². The molecule has 12 rings (SSSR count). The fraction of sp³-hybridized carbons (Fsp3) is 0.0192. The molecule has 8 aromatic carbocycles. The highest BCUT2D eigenvalue weighted by Crippen LogP contribution is 2.43. The van der Waals surface area contributed by atoms with Crippen molar-refractivity contribution >= 4 is 77.1 Å². The molecule has 5 nitrogen and oxygen atoms in total. The fourth-order valence-corrected chi connectivity index (χ4v) is 8.95.